The van der Waals surface area contributed by atoms with E-state index in [-0.39, 0.29) is 5.69 Å². The second-order valence-corrected chi connectivity index (χ2v) is 3.60. The van der Waals surface area contributed by atoms with Crippen molar-refractivity contribution in [3.05, 3.63) is 35.4 Å². The molecule has 0 unspecified atom stereocenters. The third kappa shape index (κ3) is 1.95. The van der Waals surface area contributed by atoms with Gasteiger partial charge in [0.05, 0.1) is 11.7 Å². The quantitative estimate of drug-likeness (QED) is 0.701. The van der Waals surface area contributed by atoms with Crippen molar-refractivity contribution in [1.82, 2.24) is 19.6 Å². The van der Waals surface area contributed by atoms with Crippen molar-refractivity contribution in [3.8, 4) is 0 Å². The lowest BCUT2D eigenvalue weighted by atomic mass is 10.4. The van der Waals surface area contributed by atoms with E-state index in [1.165, 1.54) is 10.7 Å². The number of nitrogens with zero attached hydrogens (tertiary/aromatic N) is 4. The SMILES string of the molecule is Cc1cc(C)n(Cn2ccc(C(=O)[O-])n2)n1. The maximum Gasteiger partial charge on any atom is 0.133 e. The minimum atomic E-state index is -1.27. The first kappa shape index (κ1) is 10.4. The number of hydrogen-bond donors (Lipinski definition) is 0. The van der Waals surface area contributed by atoms with Gasteiger partial charge in [-0.2, -0.15) is 10.2 Å². The molecule has 16 heavy (non-hydrogen) atoms. The molecule has 0 radical (unpaired) electrons. The lowest BCUT2D eigenvalue weighted by Crippen LogP contribution is -2.23. The van der Waals surface area contributed by atoms with Crippen LogP contribution in [0.4, 0.5) is 0 Å². The van der Waals surface area contributed by atoms with Crippen molar-refractivity contribution in [2.24, 2.45) is 0 Å². The summed E-state index contributed by atoms with van der Waals surface area (Å²) >= 11 is 0. The van der Waals surface area contributed by atoms with E-state index in [9.17, 15) is 9.90 Å². The van der Waals surface area contributed by atoms with Gasteiger partial charge in [0.25, 0.3) is 0 Å². The molecule has 2 aromatic rings. The monoisotopic (exact) mass is 219 g/mol. The van der Waals surface area contributed by atoms with Crippen molar-refractivity contribution < 1.29 is 9.90 Å². The molecule has 0 aliphatic carbocycles. The van der Waals surface area contributed by atoms with Crippen LogP contribution in [0.1, 0.15) is 21.9 Å². The number of carbonyl (C=O) groups excluding carboxylic acids is 1. The molecule has 2 heterocycles. The molecule has 0 spiro atoms. The Labute approximate surface area is 92.1 Å². The minimum Gasteiger partial charge on any atom is -0.543 e. The molecule has 6 heteroatoms. The molecular weight excluding hydrogens is 208 g/mol. The van der Waals surface area contributed by atoms with Gasteiger partial charge in [0.15, 0.2) is 0 Å². The normalized spacial score (nSPS) is 10.6. The number of hydrogen-bond acceptors (Lipinski definition) is 4. The summed E-state index contributed by atoms with van der Waals surface area (Å²) in [6.45, 7) is 4.23. The molecule has 2 rings (SSSR count). The van der Waals surface area contributed by atoms with Crippen molar-refractivity contribution in [2.45, 2.75) is 20.5 Å². The third-order valence-corrected chi connectivity index (χ3v) is 2.23. The predicted molar refractivity (Wildman–Crippen MR) is 53.7 cm³/mol. The van der Waals surface area contributed by atoms with Gasteiger partial charge in [-0.15, -0.1) is 0 Å². The molecular formula is C10H11N4O2-. The Kier molecular flexibility index (Phi) is 2.47. The van der Waals surface area contributed by atoms with Gasteiger partial charge >= 0.3 is 0 Å². The summed E-state index contributed by atoms with van der Waals surface area (Å²) in [5.41, 5.74) is 1.86. The van der Waals surface area contributed by atoms with Gasteiger partial charge in [0.1, 0.15) is 12.4 Å². The first-order valence-electron chi connectivity index (χ1n) is 4.82. The zero-order valence-corrected chi connectivity index (χ0v) is 9.04. The number of carboxylic acid groups (broad SMARTS) is 1. The van der Waals surface area contributed by atoms with Crippen molar-refractivity contribution in [1.29, 1.82) is 0 Å². The van der Waals surface area contributed by atoms with Crippen molar-refractivity contribution >= 4 is 5.97 Å². The fourth-order valence-corrected chi connectivity index (χ4v) is 1.50. The van der Waals surface area contributed by atoms with Crippen LogP contribution < -0.4 is 5.11 Å². The van der Waals surface area contributed by atoms with Crippen LogP contribution >= 0.6 is 0 Å². The highest BCUT2D eigenvalue weighted by molar-refractivity contribution is 5.83. The highest BCUT2D eigenvalue weighted by Gasteiger charge is 2.03. The van der Waals surface area contributed by atoms with E-state index in [2.05, 4.69) is 10.2 Å². The summed E-state index contributed by atoms with van der Waals surface area (Å²) in [6.07, 6.45) is 1.58. The fraction of sp³-hybridized carbons (Fsp3) is 0.300. The smallest absolute Gasteiger partial charge is 0.133 e. The highest BCUT2D eigenvalue weighted by atomic mass is 16.4. The molecule has 84 valence electrons. The minimum absolute atomic E-state index is 0.0680. The van der Waals surface area contributed by atoms with Crippen LogP contribution in [0.2, 0.25) is 0 Å². The van der Waals surface area contributed by atoms with Gasteiger partial charge in [-0.25, -0.2) is 4.68 Å². The molecule has 0 aromatic carbocycles. The highest BCUT2D eigenvalue weighted by Crippen LogP contribution is 2.02. The Morgan fingerprint density at radius 2 is 2.19 bits per heavy atom. The van der Waals surface area contributed by atoms with Gasteiger partial charge in [-0.1, -0.05) is 0 Å². The summed E-state index contributed by atoms with van der Waals surface area (Å²) < 4.78 is 3.26. The Bertz CT molecular complexity index is 527. The van der Waals surface area contributed by atoms with E-state index in [0.717, 1.165) is 11.4 Å². The zero-order valence-electron chi connectivity index (χ0n) is 9.04. The summed E-state index contributed by atoms with van der Waals surface area (Å²) in [7, 11) is 0. The maximum absolute atomic E-state index is 10.5. The molecule has 0 aliphatic rings. The third-order valence-electron chi connectivity index (χ3n) is 2.23. The van der Waals surface area contributed by atoms with Crippen LogP contribution in [0, 0.1) is 13.8 Å². The Balaban J connectivity index is 2.20. The van der Waals surface area contributed by atoms with Crippen molar-refractivity contribution in [3.63, 3.8) is 0 Å². The fourth-order valence-electron chi connectivity index (χ4n) is 1.50. The number of aromatic nitrogens is 4. The first-order chi connectivity index (χ1) is 7.56. The molecule has 0 N–H and O–H groups in total. The predicted octanol–water partition coefficient (Wildman–Crippen LogP) is -0.434. The lowest BCUT2D eigenvalue weighted by molar-refractivity contribution is -0.255. The zero-order chi connectivity index (χ0) is 11.7. The van der Waals surface area contributed by atoms with Crippen LogP contribution in [-0.4, -0.2) is 25.5 Å². The Hall–Kier alpha value is -2.11. The summed E-state index contributed by atoms with van der Waals surface area (Å²) in [4.78, 5) is 10.5. The van der Waals surface area contributed by atoms with Gasteiger partial charge < -0.3 is 9.90 Å². The average molecular weight is 219 g/mol. The summed E-state index contributed by atoms with van der Waals surface area (Å²) in [5.74, 6) is -1.27. The Morgan fingerprint density at radius 1 is 1.44 bits per heavy atom. The van der Waals surface area contributed by atoms with Crippen LogP contribution in [0.3, 0.4) is 0 Å². The molecule has 0 bridgehead atoms. The Morgan fingerprint density at radius 3 is 2.69 bits per heavy atom. The largest absolute Gasteiger partial charge is 0.543 e. The summed E-state index contributed by atoms with van der Waals surface area (Å²) in [5, 5.41) is 18.6. The maximum atomic E-state index is 10.5. The number of carbonyl (C=O) groups is 1. The molecule has 6 nitrogen and oxygen atoms in total. The molecule has 0 aliphatic heterocycles. The molecule has 0 saturated heterocycles. The van der Waals surface area contributed by atoms with Crippen LogP contribution in [-0.2, 0) is 6.67 Å². The average Bonchev–Trinajstić information content (AvgIpc) is 2.75. The standard InChI is InChI=1S/C10H12N4O2/c1-7-5-8(2)14(11-7)6-13-4-3-9(12-13)10(15)16/h3-5H,6H2,1-2H3,(H,15,16)/p-1. The molecule has 0 amide bonds. The number of aromatic carboxylic acids is 1. The van der Waals surface area contributed by atoms with E-state index in [1.54, 1.807) is 10.9 Å². The first-order valence-corrected chi connectivity index (χ1v) is 4.82. The van der Waals surface area contributed by atoms with Crippen LogP contribution in [0.5, 0.6) is 0 Å². The molecule has 0 atom stereocenters. The van der Waals surface area contributed by atoms with Gasteiger partial charge in [0.2, 0.25) is 0 Å². The van der Waals surface area contributed by atoms with E-state index in [4.69, 9.17) is 0 Å². The molecule has 2 aromatic heterocycles. The molecule has 0 fully saturated rings. The number of rotatable bonds is 3. The van der Waals surface area contributed by atoms with Gasteiger partial charge in [-0.3, -0.25) is 4.68 Å². The summed E-state index contributed by atoms with van der Waals surface area (Å²) in [6, 6.07) is 3.35. The van der Waals surface area contributed by atoms with Gasteiger partial charge in [0, 0.05) is 11.9 Å². The molecule has 0 saturated carbocycles. The second-order valence-electron chi connectivity index (χ2n) is 3.60. The van der Waals surface area contributed by atoms with Crippen molar-refractivity contribution in [2.75, 3.05) is 0 Å². The van der Waals surface area contributed by atoms with Crippen LogP contribution in [0.25, 0.3) is 0 Å². The van der Waals surface area contributed by atoms with E-state index >= 15 is 0 Å². The number of aryl methyl sites for hydroxylation is 2. The van der Waals surface area contributed by atoms with E-state index in [1.807, 2.05) is 19.9 Å². The van der Waals surface area contributed by atoms with E-state index < -0.39 is 5.97 Å². The van der Waals surface area contributed by atoms with E-state index in [0.29, 0.717) is 6.67 Å². The van der Waals surface area contributed by atoms with Gasteiger partial charge in [-0.05, 0) is 26.0 Å². The second kappa shape index (κ2) is 3.80. The van der Waals surface area contributed by atoms with Crippen LogP contribution in [0.15, 0.2) is 18.3 Å². The lowest BCUT2D eigenvalue weighted by Gasteiger charge is -2.04. The number of carboxylic acids is 1. The topological polar surface area (TPSA) is 75.8 Å².